The van der Waals surface area contributed by atoms with Crippen LogP contribution in [0.3, 0.4) is 0 Å². The maximum atomic E-state index is 5.06. The number of likely N-dealkylation sites (N-methyl/N-ethyl adjacent to an activating group) is 1. The number of methoxy groups -OCH3 is 1. The minimum absolute atomic E-state index is 0. The number of hydrogen-bond donors (Lipinski definition) is 2. The lowest BCUT2D eigenvalue weighted by Gasteiger charge is -2.30. The standard InChI is InChI=1S/C18H32N4O.HI/c1-5-22(6-2)17(14-16-10-8-7-9-11-16)15-21-18(19-3)20-12-13-23-4;/h7-11,17H,5-6,12-15H2,1-4H3,(H2,19,20,21);1H. The predicted octanol–water partition coefficient (Wildman–Crippen LogP) is 2.37. The number of hydrogen-bond acceptors (Lipinski definition) is 3. The minimum atomic E-state index is 0. The molecule has 1 unspecified atom stereocenters. The van der Waals surface area contributed by atoms with Crippen molar-refractivity contribution in [1.82, 2.24) is 15.5 Å². The van der Waals surface area contributed by atoms with E-state index in [-0.39, 0.29) is 24.0 Å². The normalized spacial score (nSPS) is 12.6. The smallest absolute Gasteiger partial charge is 0.191 e. The van der Waals surface area contributed by atoms with E-state index in [1.54, 1.807) is 14.2 Å². The first-order chi connectivity index (χ1) is 11.2. The Hall–Kier alpha value is -0.860. The summed E-state index contributed by atoms with van der Waals surface area (Å²) >= 11 is 0. The molecule has 1 aromatic carbocycles. The molecule has 0 aliphatic carbocycles. The third-order valence-electron chi connectivity index (χ3n) is 3.97. The first-order valence-electron chi connectivity index (χ1n) is 8.46. The molecule has 1 rings (SSSR count). The van der Waals surface area contributed by atoms with Gasteiger partial charge in [0.25, 0.3) is 0 Å². The van der Waals surface area contributed by atoms with Crippen molar-refractivity contribution in [3.8, 4) is 0 Å². The zero-order valence-corrected chi connectivity index (χ0v) is 17.7. The van der Waals surface area contributed by atoms with Gasteiger partial charge in [0.1, 0.15) is 0 Å². The maximum Gasteiger partial charge on any atom is 0.191 e. The second-order valence-electron chi connectivity index (χ2n) is 5.44. The van der Waals surface area contributed by atoms with Gasteiger partial charge in [-0.15, -0.1) is 24.0 Å². The van der Waals surface area contributed by atoms with Crippen molar-refractivity contribution < 1.29 is 4.74 Å². The van der Waals surface area contributed by atoms with Crippen molar-refractivity contribution in [3.63, 3.8) is 0 Å². The van der Waals surface area contributed by atoms with Crippen LogP contribution in [0.2, 0.25) is 0 Å². The van der Waals surface area contributed by atoms with Crippen molar-refractivity contribution in [3.05, 3.63) is 35.9 Å². The average molecular weight is 448 g/mol. The summed E-state index contributed by atoms with van der Waals surface area (Å²) in [5.41, 5.74) is 1.37. The van der Waals surface area contributed by atoms with Crippen molar-refractivity contribution in [2.45, 2.75) is 26.3 Å². The number of halogens is 1. The quantitative estimate of drug-likeness (QED) is 0.250. The highest BCUT2D eigenvalue weighted by molar-refractivity contribution is 14.0. The van der Waals surface area contributed by atoms with E-state index in [1.807, 2.05) is 0 Å². The molecule has 0 radical (unpaired) electrons. The average Bonchev–Trinajstić information content (AvgIpc) is 2.59. The van der Waals surface area contributed by atoms with Crippen LogP contribution in [0.1, 0.15) is 19.4 Å². The molecular weight excluding hydrogens is 415 g/mol. The molecule has 0 saturated carbocycles. The van der Waals surface area contributed by atoms with E-state index in [2.05, 4.69) is 64.7 Å². The van der Waals surface area contributed by atoms with Gasteiger partial charge >= 0.3 is 0 Å². The number of benzene rings is 1. The molecule has 0 aliphatic heterocycles. The van der Waals surface area contributed by atoms with Crippen LogP contribution in [0, 0.1) is 0 Å². The Morgan fingerprint density at radius 3 is 2.38 bits per heavy atom. The second kappa shape index (κ2) is 14.5. The molecule has 0 bridgehead atoms. The van der Waals surface area contributed by atoms with Gasteiger partial charge in [0, 0.05) is 33.3 Å². The van der Waals surface area contributed by atoms with Crippen LogP contribution >= 0.6 is 24.0 Å². The first-order valence-corrected chi connectivity index (χ1v) is 8.46. The molecule has 5 nitrogen and oxygen atoms in total. The summed E-state index contributed by atoms with van der Waals surface area (Å²) in [6, 6.07) is 11.1. The topological polar surface area (TPSA) is 48.9 Å². The lowest BCUT2D eigenvalue weighted by atomic mass is 10.0. The summed E-state index contributed by atoms with van der Waals surface area (Å²) in [4.78, 5) is 6.76. The molecule has 0 aliphatic rings. The molecule has 1 aromatic rings. The molecule has 0 heterocycles. The Bertz CT molecular complexity index is 438. The summed E-state index contributed by atoms with van der Waals surface area (Å²) in [7, 11) is 3.50. The van der Waals surface area contributed by atoms with Crippen LogP contribution in [0.25, 0.3) is 0 Å². The molecule has 1 atom stereocenters. The van der Waals surface area contributed by atoms with E-state index in [4.69, 9.17) is 4.74 Å². The summed E-state index contributed by atoms with van der Waals surface area (Å²) in [5.74, 6) is 0.826. The van der Waals surface area contributed by atoms with Gasteiger partial charge in [0.15, 0.2) is 5.96 Å². The van der Waals surface area contributed by atoms with Gasteiger partial charge in [-0.25, -0.2) is 0 Å². The maximum absolute atomic E-state index is 5.06. The molecule has 0 saturated heterocycles. The first kappa shape index (κ1) is 23.1. The van der Waals surface area contributed by atoms with Gasteiger partial charge in [-0.1, -0.05) is 44.2 Å². The Kier molecular flexibility index (Phi) is 14.0. The van der Waals surface area contributed by atoms with Crippen molar-refractivity contribution >= 4 is 29.9 Å². The lowest BCUT2D eigenvalue weighted by molar-refractivity contribution is 0.203. The van der Waals surface area contributed by atoms with Crippen LogP contribution in [0.5, 0.6) is 0 Å². The summed E-state index contributed by atoms with van der Waals surface area (Å²) in [6.07, 6.45) is 1.03. The number of nitrogens with zero attached hydrogens (tertiary/aromatic N) is 2. The van der Waals surface area contributed by atoms with E-state index in [1.165, 1.54) is 5.56 Å². The molecule has 0 fully saturated rings. The zero-order valence-electron chi connectivity index (χ0n) is 15.4. The van der Waals surface area contributed by atoms with Gasteiger partial charge in [-0.2, -0.15) is 0 Å². The molecule has 0 amide bonds. The third kappa shape index (κ3) is 8.84. The number of ether oxygens (including phenoxy) is 1. The zero-order chi connectivity index (χ0) is 16.9. The number of aliphatic imine (C=N–C) groups is 1. The van der Waals surface area contributed by atoms with Crippen LogP contribution in [0.4, 0.5) is 0 Å². The number of nitrogens with one attached hydrogen (secondary N) is 2. The Labute approximate surface area is 164 Å². The fraction of sp³-hybridized carbons (Fsp3) is 0.611. The van der Waals surface area contributed by atoms with Crippen molar-refractivity contribution in [2.75, 3.05) is 46.9 Å². The third-order valence-corrected chi connectivity index (χ3v) is 3.97. The fourth-order valence-electron chi connectivity index (χ4n) is 2.66. The molecule has 138 valence electrons. The van der Waals surface area contributed by atoms with Crippen LogP contribution in [0.15, 0.2) is 35.3 Å². The van der Waals surface area contributed by atoms with Gasteiger partial charge < -0.3 is 15.4 Å². The van der Waals surface area contributed by atoms with Gasteiger partial charge in [-0.3, -0.25) is 9.89 Å². The van der Waals surface area contributed by atoms with Gasteiger partial charge in [-0.05, 0) is 25.1 Å². The Morgan fingerprint density at radius 2 is 1.83 bits per heavy atom. The van der Waals surface area contributed by atoms with Crippen LogP contribution in [-0.4, -0.2) is 63.8 Å². The molecule has 0 spiro atoms. The number of guanidine groups is 1. The Balaban J connectivity index is 0.00000529. The van der Waals surface area contributed by atoms with Gasteiger partial charge in [0.2, 0.25) is 0 Å². The monoisotopic (exact) mass is 448 g/mol. The Morgan fingerprint density at radius 1 is 1.17 bits per heavy atom. The molecular formula is C18H33IN4O. The lowest BCUT2D eigenvalue weighted by Crippen LogP contribution is -2.48. The highest BCUT2D eigenvalue weighted by atomic mass is 127. The van der Waals surface area contributed by atoms with Crippen molar-refractivity contribution in [1.29, 1.82) is 0 Å². The summed E-state index contributed by atoms with van der Waals surface area (Å²) < 4.78 is 5.06. The van der Waals surface area contributed by atoms with E-state index in [0.717, 1.165) is 38.6 Å². The SMILES string of the molecule is CCN(CC)C(CNC(=NC)NCCOC)Cc1ccccc1.I. The predicted molar refractivity (Wildman–Crippen MR) is 114 cm³/mol. The molecule has 2 N–H and O–H groups in total. The van der Waals surface area contributed by atoms with Crippen LogP contribution < -0.4 is 10.6 Å². The second-order valence-corrected chi connectivity index (χ2v) is 5.44. The largest absolute Gasteiger partial charge is 0.383 e. The van der Waals surface area contributed by atoms with E-state index in [9.17, 15) is 0 Å². The molecule has 24 heavy (non-hydrogen) atoms. The van der Waals surface area contributed by atoms with Crippen molar-refractivity contribution in [2.24, 2.45) is 4.99 Å². The summed E-state index contributed by atoms with van der Waals surface area (Å²) in [5, 5.41) is 6.70. The minimum Gasteiger partial charge on any atom is -0.383 e. The van der Waals surface area contributed by atoms with E-state index >= 15 is 0 Å². The summed E-state index contributed by atoms with van der Waals surface area (Å²) in [6.45, 7) is 8.81. The highest BCUT2D eigenvalue weighted by Gasteiger charge is 2.16. The van der Waals surface area contributed by atoms with E-state index in [0.29, 0.717) is 12.6 Å². The highest BCUT2D eigenvalue weighted by Crippen LogP contribution is 2.08. The molecule has 6 heteroatoms. The molecule has 0 aromatic heterocycles. The van der Waals surface area contributed by atoms with Gasteiger partial charge in [0.05, 0.1) is 6.61 Å². The van der Waals surface area contributed by atoms with Crippen LogP contribution in [-0.2, 0) is 11.2 Å². The number of rotatable bonds is 10. The fourth-order valence-corrected chi connectivity index (χ4v) is 2.66. The van der Waals surface area contributed by atoms with E-state index < -0.39 is 0 Å².